The number of phenols is 1. The largest absolute Gasteiger partial charge is 0.507 e. The van der Waals surface area contributed by atoms with Crippen molar-refractivity contribution in [1.29, 1.82) is 0 Å². The van der Waals surface area contributed by atoms with E-state index in [4.69, 9.17) is 14.5 Å². The van der Waals surface area contributed by atoms with Crippen LogP contribution in [0.2, 0.25) is 0 Å². The van der Waals surface area contributed by atoms with E-state index in [1.165, 1.54) is 27.8 Å². The molecule has 0 radical (unpaired) electrons. The molecule has 4 aromatic rings. The van der Waals surface area contributed by atoms with Crippen molar-refractivity contribution in [2.75, 3.05) is 5.08 Å². The molecule has 270 valence electrons. The molecule has 3 heterocycles. The van der Waals surface area contributed by atoms with Crippen molar-refractivity contribution in [3.63, 3.8) is 0 Å². The number of thioether (sulfide) groups is 2. The first kappa shape index (κ1) is 37.1. The highest BCUT2D eigenvalue weighted by molar-refractivity contribution is 8.55. The number of aromatic nitrogens is 4. The van der Waals surface area contributed by atoms with Crippen molar-refractivity contribution in [2.45, 2.75) is 80.3 Å². The molecule has 4 atom stereocenters. The Balaban J connectivity index is 1.48. The molecule has 0 bridgehead atoms. The molecule has 1 N–H and O–H groups in total. The number of hydrogen-bond donors (Lipinski definition) is 1. The predicted octanol–water partition coefficient (Wildman–Crippen LogP) is 7.83. The van der Waals surface area contributed by atoms with Crippen LogP contribution >= 0.6 is 23.5 Å². The van der Waals surface area contributed by atoms with Crippen LogP contribution in [0.15, 0.2) is 82.9 Å². The highest BCUT2D eigenvalue weighted by Crippen LogP contribution is 2.49. The number of nitrogens with zero attached hydrogens (tertiary/aromatic N) is 6. The molecule has 15 heteroatoms. The molecule has 2 aliphatic heterocycles. The van der Waals surface area contributed by atoms with E-state index >= 15 is 0 Å². The molecule has 51 heavy (non-hydrogen) atoms. The van der Waals surface area contributed by atoms with E-state index < -0.39 is 46.4 Å². The lowest BCUT2D eigenvalue weighted by Crippen LogP contribution is -2.61. The van der Waals surface area contributed by atoms with Crippen molar-refractivity contribution in [3.05, 3.63) is 101 Å². The summed E-state index contributed by atoms with van der Waals surface area (Å²) < 4.78 is 14.2. The van der Waals surface area contributed by atoms with Gasteiger partial charge >= 0.3 is 11.4 Å². The second kappa shape index (κ2) is 14.4. The third-order valence-corrected chi connectivity index (χ3v) is 18.9. The number of phenolic OH excluding ortho intramolecular Hbond substituents is 1. The van der Waals surface area contributed by atoms with Gasteiger partial charge in [-0.05, 0) is 57.0 Å². The Morgan fingerprint density at radius 1 is 1.06 bits per heavy atom. The highest BCUT2D eigenvalue weighted by Gasteiger charge is 2.55. The lowest BCUT2D eigenvalue weighted by molar-refractivity contribution is 0.00685. The van der Waals surface area contributed by atoms with Gasteiger partial charge < -0.3 is 14.6 Å². The van der Waals surface area contributed by atoms with Crippen molar-refractivity contribution < 1.29 is 24.2 Å². The number of fused-ring (bicyclic) bond motifs is 1. The van der Waals surface area contributed by atoms with Gasteiger partial charge in [-0.1, -0.05) is 135 Å². The van der Waals surface area contributed by atoms with Crippen LogP contribution < -0.4 is 0 Å². The first-order chi connectivity index (χ1) is 24.1. The maximum absolute atomic E-state index is 14.6. The highest BCUT2D eigenvalue weighted by atomic mass is 32.9. The van der Waals surface area contributed by atoms with Crippen LogP contribution in [0.3, 0.4) is 0 Å². The number of aliphatic imine (C=N–C) groups is 1. The van der Waals surface area contributed by atoms with Crippen LogP contribution in [-0.4, -0.2) is 62.1 Å². The maximum Gasteiger partial charge on any atom is 0.426 e. The first-order valence-electron chi connectivity index (χ1n) is 16.3. The Bertz CT molecular complexity index is 1930. The van der Waals surface area contributed by atoms with Gasteiger partial charge in [-0.2, -0.15) is 4.31 Å². The summed E-state index contributed by atoms with van der Waals surface area (Å²) in [5.41, 5.74) is 2.71. The van der Waals surface area contributed by atoms with Gasteiger partial charge in [0.15, 0.2) is 10.3 Å². The third-order valence-electron chi connectivity index (χ3n) is 8.32. The maximum atomic E-state index is 14.6. The van der Waals surface area contributed by atoms with E-state index in [9.17, 15) is 14.7 Å². The van der Waals surface area contributed by atoms with E-state index in [-0.39, 0.29) is 16.6 Å². The number of aromatic hydroxyl groups is 1. The fraction of sp³-hybridized carbons (Fsp3) is 0.389. The average Bonchev–Trinajstić information content (AvgIpc) is 3.49. The molecule has 0 aliphatic carbocycles. The zero-order valence-electron chi connectivity index (χ0n) is 29.8. The van der Waals surface area contributed by atoms with E-state index in [1.54, 1.807) is 11.7 Å². The molecule has 1 amide bonds. The van der Waals surface area contributed by atoms with Crippen LogP contribution in [0.4, 0.5) is 9.59 Å². The zero-order valence-corrected chi connectivity index (χ0v) is 33.0. The number of carbonyl (C=O) groups excluding carboxylic acids is 2. The minimum absolute atomic E-state index is 0.284. The Kier molecular flexibility index (Phi) is 10.5. The fourth-order valence-electron chi connectivity index (χ4n) is 5.57. The van der Waals surface area contributed by atoms with Gasteiger partial charge in [0.2, 0.25) is 10.7 Å². The van der Waals surface area contributed by atoms with Crippen molar-refractivity contribution in [2.24, 2.45) is 12.0 Å². The summed E-state index contributed by atoms with van der Waals surface area (Å²) in [5, 5.41) is 23.7. The average molecular weight is 767 g/mol. The smallest absolute Gasteiger partial charge is 0.426 e. The number of amides is 1. The number of benzene rings is 3. The standard InChI is InChI=1S/C36H42N6O5S4/c1-34(2,3)26-19-23(20-27(28(26)43)35(4,5)6)21-37-36(7)49-32-42(31(44)47-32)51(50(36)22-48-30-38-39-40-41(30)8)33(45)46-29(24-15-11-9-12-16-24)25-17-13-10-14-18-25/h9-21,29,32,43H,22H2,1-8H3/t32-,36+,50?,51?/m1/s1. The van der Waals surface area contributed by atoms with E-state index in [1.807, 2.05) is 85.9 Å². The molecule has 0 saturated carbocycles. The zero-order chi connectivity index (χ0) is 36.7. The van der Waals surface area contributed by atoms with Crippen LogP contribution in [0, 0.1) is 0 Å². The van der Waals surface area contributed by atoms with Crippen molar-refractivity contribution in [1.82, 2.24) is 24.5 Å². The second-order valence-corrected chi connectivity index (χ2v) is 22.4. The number of ether oxygens (including phenoxy) is 2. The molecule has 3 aromatic carbocycles. The van der Waals surface area contributed by atoms with Gasteiger partial charge in [-0.15, -0.1) is 5.10 Å². The molecular formula is C36H42N6O5S4. The Morgan fingerprint density at radius 2 is 1.63 bits per heavy atom. The molecule has 0 spiro atoms. The lowest BCUT2D eigenvalue weighted by atomic mass is 9.78. The Hall–Kier alpha value is -3.66. The van der Waals surface area contributed by atoms with Gasteiger partial charge in [0.1, 0.15) is 5.75 Å². The molecular weight excluding hydrogens is 725 g/mol. The van der Waals surface area contributed by atoms with Crippen LogP contribution in [0.25, 0.3) is 0 Å². The molecule has 1 saturated heterocycles. The van der Waals surface area contributed by atoms with Crippen LogP contribution in [0.1, 0.15) is 82.4 Å². The summed E-state index contributed by atoms with van der Waals surface area (Å²) in [6.45, 7) is 14.4. The molecule has 1 aromatic heterocycles. The van der Waals surface area contributed by atoms with Gasteiger partial charge in [0, 0.05) is 24.4 Å². The summed E-state index contributed by atoms with van der Waals surface area (Å²) in [7, 11) is -0.576. The summed E-state index contributed by atoms with van der Waals surface area (Å²) in [5.74, 6) is 0.284. The normalized spacial score (nSPS) is 22.1. The van der Waals surface area contributed by atoms with Crippen molar-refractivity contribution in [3.8, 4) is 5.75 Å². The van der Waals surface area contributed by atoms with Crippen LogP contribution in [0.5, 0.6) is 5.75 Å². The van der Waals surface area contributed by atoms with Gasteiger partial charge in [-0.3, -0.25) is 4.99 Å². The van der Waals surface area contributed by atoms with E-state index in [2.05, 4.69) is 57.1 Å². The number of hydrogen-bond acceptors (Lipinski definition) is 11. The predicted molar refractivity (Wildman–Crippen MR) is 207 cm³/mol. The Morgan fingerprint density at radius 3 is 2.12 bits per heavy atom. The monoisotopic (exact) mass is 766 g/mol. The number of tetrazole rings is 1. The summed E-state index contributed by atoms with van der Waals surface area (Å²) in [6.07, 6.45) is 0.545. The lowest BCUT2D eigenvalue weighted by Gasteiger charge is -2.48. The third kappa shape index (κ3) is 7.76. The molecule has 11 nitrogen and oxygen atoms in total. The minimum atomic E-state index is -1.40. The van der Waals surface area contributed by atoms with Crippen molar-refractivity contribution >= 4 is 60.2 Å². The van der Waals surface area contributed by atoms with Gasteiger partial charge in [-0.25, -0.2) is 14.3 Å². The molecule has 6 rings (SSSR count). The second-order valence-electron chi connectivity index (χ2n) is 14.3. The van der Waals surface area contributed by atoms with E-state index in [0.717, 1.165) is 27.8 Å². The Labute approximate surface area is 311 Å². The summed E-state index contributed by atoms with van der Waals surface area (Å²) in [6, 6.07) is 23.1. The van der Waals surface area contributed by atoms with E-state index in [0.29, 0.717) is 10.2 Å². The number of aryl methyl sites for hydroxylation is 1. The van der Waals surface area contributed by atoms with Gasteiger partial charge in [0.25, 0.3) is 0 Å². The summed E-state index contributed by atoms with van der Waals surface area (Å²) in [4.78, 5) is 33.0. The first-order valence-corrected chi connectivity index (χ1v) is 21.2. The molecule has 1 fully saturated rings. The van der Waals surface area contributed by atoms with Crippen LogP contribution in [-0.2, 0) is 46.4 Å². The minimum Gasteiger partial charge on any atom is -0.507 e. The SMILES string of the molecule is Cn1nnnc1SCS1=S(C(=O)OC(c2ccccc2)c2ccccc2)N2C(=O)O[C@@H]2S[C@]1(C)N=Cc1cc(C(C)(C)C)c(O)c(C(C)(C)C)c1. The van der Waals surface area contributed by atoms with Gasteiger partial charge in [0.05, 0.1) is 14.7 Å². The molecule has 2 aliphatic rings. The fourth-order valence-corrected chi connectivity index (χ4v) is 16.8. The topological polar surface area (TPSA) is 132 Å². The number of carbonyl (C=O) groups is 2. The number of rotatable bonds is 8. The summed E-state index contributed by atoms with van der Waals surface area (Å²) >= 11 is 2.79. The molecule has 2 unspecified atom stereocenters. The quantitative estimate of drug-likeness (QED) is 0.108.